The van der Waals surface area contributed by atoms with Crippen LogP contribution in [0.3, 0.4) is 0 Å². The summed E-state index contributed by atoms with van der Waals surface area (Å²) in [5.74, 6) is 0.904. The van der Waals surface area contributed by atoms with Crippen molar-refractivity contribution in [1.82, 2.24) is 19.8 Å². The van der Waals surface area contributed by atoms with Gasteiger partial charge in [-0.1, -0.05) is 11.2 Å². The Balaban J connectivity index is 0.00000261. The van der Waals surface area contributed by atoms with Gasteiger partial charge in [0.15, 0.2) is 5.82 Å². The average molecular weight is 417 g/mol. The number of sulfonamides is 1. The van der Waals surface area contributed by atoms with Crippen LogP contribution in [0, 0.1) is 6.92 Å². The van der Waals surface area contributed by atoms with E-state index in [9.17, 15) is 8.42 Å². The van der Waals surface area contributed by atoms with Crippen LogP contribution in [0.15, 0.2) is 27.6 Å². The molecule has 1 aromatic heterocycles. The quantitative estimate of drug-likeness (QED) is 0.764. The Kier molecular flexibility index (Phi) is 7.35. The standard InChI is InChI=1S/C17H24N4O4S.ClH/c1-12-4-5-14(17-19-16(20-25-17)10-13(2)18-3)11-15(12)26(22,23)21-6-8-24-9-7-21;/h4-5,11,13,18H,6-10H2,1-3H3;1H. The summed E-state index contributed by atoms with van der Waals surface area (Å²) in [4.78, 5) is 4.65. The van der Waals surface area contributed by atoms with Crippen LogP contribution in [0.25, 0.3) is 11.5 Å². The number of hydrogen-bond acceptors (Lipinski definition) is 7. The fourth-order valence-corrected chi connectivity index (χ4v) is 4.43. The molecular weight excluding hydrogens is 392 g/mol. The lowest BCUT2D eigenvalue weighted by Gasteiger charge is -2.26. The van der Waals surface area contributed by atoms with Crippen molar-refractivity contribution in [2.45, 2.75) is 31.2 Å². The second kappa shape index (κ2) is 9.11. The van der Waals surface area contributed by atoms with Crippen molar-refractivity contribution >= 4 is 22.4 Å². The maximum atomic E-state index is 13.0. The van der Waals surface area contributed by atoms with E-state index in [-0.39, 0.29) is 23.3 Å². The van der Waals surface area contributed by atoms with Crippen LogP contribution in [0.2, 0.25) is 0 Å². The van der Waals surface area contributed by atoms with E-state index in [0.29, 0.717) is 55.6 Å². The predicted octanol–water partition coefficient (Wildman–Crippen LogP) is 1.64. The van der Waals surface area contributed by atoms with Crippen LogP contribution in [0.1, 0.15) is 18.3 Å². The van der Waals surface area contributed by atoms with Gasteiger partial charge in [0.1, 0.15) is 0 Å². The topological polar surface area (TPSA) is 97.6 Å². The van der Waals surface area contributed by atoms with E-state index in [0.717, 1.165) is 0 Å². The Morgan fingerprint density at radius 2 is 2.00 bits per heavy atom. The third kappa shape index (κ3) is 4.85. The first-order valence-corrected chi connectivity index (χ1v) is 10.0. The van der Waals surface area contributed by atoms with E-state index in [1.165, 1.54) is 4.31 Å². The Labute approximate surface area is 165 Å². The number of rotatable bonds is 6. The van der Waals surface area contributed by atoms with Crippen molar-refractivity contribution in [3.8, 4) is 11.5 Å². The van der Waals surface area contributed by atoms with Gasteiger partial charge < -0.3 is 14.6 Å². The van der Waals surface area contributed by atoms with Crippen molar-refractivity contribution in [1.29, 1.82) is 0 Å². The number of ether oxygens (including phenoxy) is 1. The van der Waals surface area contributed by atoms with Crippen LogP contribution in [-0.4, -0.2) is 62.3 Å². The number of benzene rings is 1. The number of aromatic nitrogens is 2. The molecular formula is C17H25ClN4O4S. The van der Waals surface area contributed by atoms with Crippen LogP contribution < -0.4 is 5.32 Å². The number of nitrogens with one attached hydrogen (secondary N) is 1. The van der Waals surface area contributed by atoms with Gasteiger partial charge in [0.05, 0.1) is 18.1 Å². The molecule has 3 rings (SSSR count). The van der Waals surface area contributed by atoms with Crippen LogP contribution in [0.4, 0.5) is 0 Å². The van der Waals surface area contributed by atoms with Crippen LogP contribution in [0.5, 0.6) is 0 Å². The monoisotopic (exact) mass is 416 g/mol. The summed E-state index contributed by atoms with van der Waals surface area (Å²) in [5, 5.41) is 7.10. The van der Waals surface area contributed by atoms with E-state index in [1.54, 1.807) is 25.1 Å². The maximum absolute atomic E-state index is 13.0. The van der Waals surface area contributed by atoms with Crippen LogP contribution >= 0.6 is 12.4 Å². The molecule has 8 nitrogen and oxygen atoms in total. The fraction of sp³-hybridized carbons (Fsp3) is 0.529. The molecule has 1 aliphatic rings. The van der Waals surface area contributed by atoms with Gasteiger partial charge in [-0.15, -0.1) is 12.4 Å². The summed E-state index contributed by atoms with van der Waals surface area (Å²) in [7, 11) is -1.72. The molecule has 1 aromatic carbocycles. The van der Waals surface area contributed by atoms with E-state index in [1.807, 2.05) is 14.0 Å². The Bertz CT molecular complexity index is 866. The van der Waals surface area contributed by atoms with Crippen molar-refractivity contribution in [3.63, 3.8) is 0 Å². The smallest absolute Gasteiger partial charge is 0.257 e. The van der Waals surface area contributed by atoms with E-state index < -0.39 is 10.0 Å². The third-order valence-corrected chi connectivity index (χ3v) is 6.51. The van der Waals surface area contributed by atoms with Gasteiger partial charge in [0, 0.05) is 31.1 Å². The molecule has 27 heavy (non-hydrogen) atoms. The molecule has 1 N–H and O–H groups in total. The summed E-state index contributed by atoms with van der Waals surface area (Å²) >= 11 is 0. The minimum absolute atomic E-state index is 0. The van der Waals surface area contributed by atoms with Crippen LogP contribution in [-0.2, 0) is 21.2 Å². The zero-order chi connectivity index (χ0) is 18.7. The van der Waals surface area contributed by atoms with Crippen molar-refractivity contribution in [3.05, 3.63) is 29.6 Å². The Morgan fingerprint density at radius 3 is 2.67 bits per heavy atom. The number of halogens is 1. The first-order valence-electron chi connectivity index (χ1n) is 8.60. The second-order valence-corrected chi connectivity index (χ2v) is 8.31. The summed E-state index contributed by atoms with van der Waals surface area (Å²) in [6, 6.07) is 5.39. The van der Waals surface area contributed by atoms with E-state index in [2.05, 4.69) is 15.5 Å². The molecule has 0 spiro atoms. The maximum Gasteiger partial charge on any atom is 0.257 e. The highest BCUT2D eigenvalue weighted by molar-refractivity contribution is 7.89. The second-order valence-electron chi connectivity index (χ2n) is 6.41. The van der Waals surface area contributed by atoms with Gasteiger partial charge in [-0.3, -0.25) is 0 Å². The summed E-state index contributed by atoms with van der Waals surface area (Å²) in [5.41, 5.74) is 1.28. The minimum Gasteiger partial charge on any atom is -0.379 e. The number of nitrogens with zero attached hydrogens (tertiary/aromatic N) is 3. The Hall–Kier alpha value is -1.52. The zero-order valence-corrected chi connectivity index (χ0v) is 17.3. The lowest BCUT2D eigenvalue weighted by Crippen LogP contribution is -2.40. The fourth-order valence-electron chi connectivity index (χ4n) is 2.77. The molecule has 1 saturated heterocycles. The molecule has 2 heterocycles. The summed E-state index contributed by atoms with van der Waals surface area (Å²) in [6.45, 7) is 5.35. The molecule has 1 aliphatic heterocycles. The van der Waals surface area contributed by atoms with Crippen molar-refractivity contribution in [2.75, 3.05) is 33.4 Å². The molecule has 10 heteroatoms. The molecule has 2 aromatic rings. The number of hydrogen-bond donors (Lipinski definition) is 1. The van der Waals surface area contributed by atoms with Gasteiger partial charge >= 0.3 is 0 Å². The lowest BCUT2D eigenvalue weighted by molar-refractivity contribution is 0.0730. The number of likely N-dealkylation sites (N-methyl/N-ethyl adjacent to an activating group) is 1. The first-order chi connectivity index (χ1) is 12.4. The minimum atomic E-state index is -3.59. The van der Waals surface area contributed by atoms with Gasteiger partial charge in [0.2, 0.25) is 10.0 Å². The zero-order valence-electron chi connectivity index (χ0n) is 15.6. The third-order valence-electron chi connectivity index (χ3n) is 4.47. The summed E-state index contributed by atoms with van der Waals surface area (Å²) < 4.78 is 38.0. The first kappa shape index (κ1) is 21.8. The van der Waals surface area contributed by atoms with Gasteiger partial charge in [-0.2, -0.15) is 9.29 Å². The highest BCUT2D eigenvalue weighted by Crippen LogP contribution is 2.27. The normalized spacial score (nSPS) is 16.7. The molecule has 1 atom stereocenters. The Morgan fingerprint density at radius 1 is 1.30 bits per heavy atom. The molecule has 0 bridgehead atoms. The highest BCUT2D eigenvalue weighted by Gasteiger charge is 2.28. The lowest BCUT2D eigenvalue weighted by atomic mass is 10.1. The number of aryl methyl sites for hydroxylation is 1. The average Bonchev–Trinajstić information content (AvgIpc) is 3.11. The SMILES string of the molecule is CNC(C)Cc1noc(-c2ccc(C)c(S(=O)(=O)N3CCOCC3)c2)n1.Cl. The largest absolute Gasteiger partial charge is 0.379 e. The molecule has 1 unspecified atom stereocenters. The molecule has 1 fully saturated rings. The van der Waals surface area contributed by atoms with E-state index >= 15 is 0 Å². The van der Waals surface area contributed by atoms with Gasteiger partial charge in [0.25, 0.3) is 5.89 Å². The molecule has 0 radical (unpaired) electrons. The highest BCUT2D eigenvalue weighted by atomic mass is 35.5. The molecule has 0 amide bonds. The molecule has 0 aliphatic carbocycles. The van der Waals surface area contributed by atoms with Crippen molar-refractivity contribution in [2.24, 2.45) is 0 Å². The van der Waals surface area contributed by atoms with E-state index in [4.69, 9.17) is 9.26 Å². The van der Waals surface area contributed by atoms with Crippen molar-refractivity contribution < 1.29 is 17.7 Å². The molecule has 0 saturated carbocycles. The predicted molar refractivity (Wildman–Crippen MR) is 104 cm³/mol. The summed E-state index contributed by atoms with van der Waals surface area (Å²) in [6.07, 6.45) is 0.630. The number of morpholine rings is 1. The van der Waals surface area contributed by atoms with Gasteiger partial charge in [-0.05, 0) is 38.6 Å². The van der Waals surface area contributed by atoms with Gasteiger partial charge in [-0.25, -0.2) is 8.42 Å². The molecule has 150 valence electrons.